The zero-order valence-electron chi connectivity index (χ0n) is 13.0. The lowest BCUT2D eigenvalue weighted by molar-refractivity contribution is -0.132. The van der Waals surface area contributed by atoms with Crippen molar-refractivity contribution in [2.24, 2.45) is 0 Å². The average Bonchev–Trinajstić information content (AvgIpc) is 2.60. The van der Waals surface area contributed by atoms with E-state index in [1.807, 2.05) is 30.3 Å². The van der Waals surface area contributed by atoms with Crippen molar-refractivity contribution in [2.75, 3.05) is 26.1 Å². The Bertz CT molecular complexity index is 526. The molecule has 23 heavy (non-hydrogen) atoms. The van der Waals surface area contributed by atoms with E-state index in [-0.39, 0.29) is 30.5 Å². The molecule has 0 bridgehead atoms. The predicted octanol–water partition coefficient (Wildman–Crippen LogP) is 1.77. The molecule has 2 atom stereocenters. The predicted molar refractivity (Wildman–Crippen MR) is 86.3 cm³/mol. The number of hydrogen-bond donors (Lipinski definition) is 1. The van der Waals surface area contributed by atoms with E-state index in [1.54, 1.807) is 12.0 Å². The van der Waals surface area contributed by atoms with Gasteiger partial charge in [0.2, 0.25) is 5.91 Å². The maximum absolute atomic E-state index is 11.9. The zero-order valence-corrected chi connectivity index (χ0v) is 13.8. The molecule has 0 aliphatic carbocycles. The Balaban J connectivity index is 1.82. The van der Waals surface area contributed by atoms with Crippen molar-refractivity contribution < 1.29 is 19.1 Å². The molecule has 0 unspecified atom stereocenters. The first kappa shape index (κ1) is 17.6. The Kier molecular flexibility index (Phi) is 6.67. The minimum absolute atomic E-state index is 0.0480. The highest BCUT2D eigenvalue weighted by atomic mass is 35.5. The number of carbonyl (C=O) groups is 2. The number of rotatable bonds is 5. The second-order valence-corrected chi connectivity index (χ2v) is 5.62. The van der Waals surface area contributed by atoms with Crippen LogP contribution in [0.3, 0.4) is 0 Å². The highest BCUT2D eigenvalue weighted by Gasteiger charge is 2.32. The van der Waals surface area contributed by atoms with Crippen LogP contribution in [0.5, 0.6) is 0 Å². The molecule has 2 amide bonds. The lowest BCUT2D eigenvalue weighted by Gasteiger charge is -2.37. The van der Waals surface area contributed by atoms with Crippen LogP contribution in [0.2, 0.25) is 0 Å². The van der Waals surface area contributed by atoms with Gasteiger partial charge in [0.1, 0.15) is 12.5 Å². The summed E-state index contributed by atoms with van der Waals surface area (Å²) in [4.78, 5) is 25.2. The van der Waals surface area contributed by atoms with E-state index in [9.17, 15) is 9.59 Å². The highest BCUT2D eigenvalue weighted by molar-refractivity contribution is 6.27. The molecule has 7 heteroatoms. The van der Waals surface area contributed by atoms with Crippen LogP contribution in [0.15, 0.2) is 30.3 Å². The van der Waals surface area contributed by atoms with Crippen molar-refractivity contribution in [2.45, 2.75) is 25.2 Å². The van der Waals surface area contributed by atoms with Gasteiger partial charge < -0.3 is 19.7 Å². The Morgan fingerprint density at radius 3 is 2.74 bits per heavy atom. The number of alkyl halides is 1. The van der Waals surface area contributed by atoms with E-state index < -0.39 is 6.09 Å². The second-order valence-electron chi connectivity index (χ2n) is 5.35. The van der Waals surface area contributed by atoms with Crippen molar-refractivity contribution >= 4 is 23.6 Å². The van der Waals surface area contributed by atoms with E-state index in [2.05, 4.69) is 5.32 Å². The minimum Gasteiger partial charge on any atom is -0.445 e. The summed E-state index contributed by atoms with van der Waals surface area (Å²) in [5.74, 6) is -0.174. The number of ether oxygens (including phenoxy) is 2. The molecular weight excluding hydrogens is 320 g/mol. The van der Waals surface area contributed by atoms with Gasteiger partial charge in [-0.05, 0) is 12.0 Å². The highest BCUT2D eigenvalue weighted by Crippen LogP contribution is 2.15. The van der Waals surface area contributed by atoms with Crippen LogP contribution in [0.25, 0.3) is 0 Å². The molecule has 2 rings (SSSR count). The lowest BCUT2D eigenvalue weighted by Crippen LogP contribution is -2.56. The van der Waals surface area contributed by atoms with Gasteiger partial charge in [0, 0.05) is 20.2 Å². The standard InChI is InChI=1S/C16H21ClN2O4/c1-22-14-10-19(15(20)9-17)8-7-13(14)18-16(21)23-11-12-5-3-2-4-6-12/h2-6,13-14H,7-11H2,1H3,(H,18,21)/t13-,14+/m1/s1. The largest absolute Gasteiger partial charge is 0.445 e. The number of carbonyl (C=O) groups excluding carboxylic acids is 2. The Hall–Kier alpha value is -1.79. The van der Waals surface area contributed by atoms with Gasteiger partial charge in [-0.25, -0.2) is 4.79 Å². The van der Waals surface area contributed by atoms with Gasteiger partial charge in [-0.1, -0.05) is 30.3 Å². The molecule has 1 N–H and O–H groups in total. The van der Waals surface area contributed by atoms with E-state index in [0.29, 0.717) is 19.5 Å². The fraction of sp³-hybridized carbons (Fsp3) is 0.500. The molecule has 1 aromatic rings. The summed E-state index contributed by atoms with van der Waals surface area (Å²) in [6.07, 6.45) is -0.167. The third-order valence-corrected chi connectivity index (χ3v) is 4.07. The molecule has 1 aliphatic heterocycles. The summed E-state index contributed by atoms with van der Waals surface area (Å²) >= 11 is 5.57. The number of piperidine rings is 1. The first-order chi connectivity index (χ1) is 11.1. The molecule has 1 saturated heterocycles. The van der Waals surface area contributed by atoms with Crippen LogP contribution in [-0.4, -0.2) is 55.1 Å². The van der Waals surface area contributed by atoms with Crippen LogP contribution in [0.4, 0.5) is 4.79 Å². The Labute approximate surface area is 140 Å². The number of nitrogens with one attached hydrogen (secondary N) is 1. The number of alkyl carbamates (subject to hydrolysis) is 1. The quantitative estimate of drug-likeness (QED) is 0.829. The Morgan fingerprint density at radius 1 is 1.35 bits per heavy atom. The van der Waals surface area contributed by atoms with Crippen LogP contribution in [-0.2, 0) is 20.9 Å². The topological polar surface area (TPSA) is 67.9 Å². The van der Waals surface area contributed by atoms with Crippen molar-refractivity contribution in [3.05, 3.63) is 35.9 Å². The summed E-state index contributed by atoms with van der Waals surface area (Å²) in [6, 6.07) is 9.27. The summed E-state index contributed by atoms with van der Waals surface area (Å²) in [7, 11) is 1.56. The minimum atomic E-state index is -0.488. The van der Waals surface area contributed by atoms with Gasteiger partial charge in [0.15, 0.2) is 0 Å². The maximum Gasteiger partial charge on any atom is 0.407 e. The van der Waals surface area contributed by atoms with Gasteiger partial charge in [-0.2, -0.15) is 0 Å². The number of benzene rings is 1. The number of methoxy groups -OCH3 is 1. The van der Waals surface area contributed by atoms with Crippen molar-refractivity contribution in [1.82, 2.24) is 10.2 Å². The first-order valence-electron chi connectivity index (χ1n) is 7.47. The second kappa shape index (κ2) is 8.74. The fourth-order valence-corrected chi connectivity index (χ4v) is 2.72. The lowest BCUT2D eigenvalue weighted by atomic mass is 10.0. The summed E-state index contributed by atoms with van der Waals surface area (Å²) < 4.78 is 10.6. The van der Waals surface area contributed by atoms with E-state index in [1.165, 1.54) is 0 Å². The summed E-state index contributed by atoms with van der Waals surface area (Å²) in [5.41, 5.74) is 0.925. The number of nitrogens with zero attached hydrogens (tertiary/aromatic N) is 1. The normalized spacial score (nSPS) is 20.9. The van der Waals surface area contributed by atoms with Crippen LogP contribution in [0, 0.1) is 0 Å². The molecule has 6 nitrogen and oxygen atoms in total. The van der Waals surface area contributed by atoms with Gasteiger partial charge in [0.05, 0.1) is 12.1 Å². The zero-order chi connectivity index (χ0) is 16.7. The molecule has 126 valence electrons. The molecule has 1 heterocycles. The molecule has 1 fully saturated rings. The first-order valence-corrected chi connectivity index (χ1v) is 8.01. The SMILES string of the molecule is CO[C@H]1CN(C(=O)CCl)CC[C@H]1NC(=O)OCc1ccccc1. The number of amides is 2. The molecule has 0 spiro atoms. The van der Waals surface area contributed by atoms with Crippen LogP contribution >= 0.6 is 11.6 Å². The fourth-order valence-electron chi connectivity index (χ4n) is 2.55. The van der Waals surface area contributed by atoms with Crippen molar-refractivity contribution in [3.8, 4) is 0 Å². The molecule has 0 radical (unpaired) electrons. The molecule has 0 aromatic heterocycles. The van der Waals surface area contributed by atoms with Gasteiger partial charge >= 0.3 is 6.09 Å². The molecule has 1 aliphatic rings. The van der Waals surface area contributed by atoms with Crippen LogP contribution in [0.1, 0.15) is 12.0 Å². The monoisotopic (exact) mass is 340 g/mol. The molecular formula is C16H21ClN2O4. The van der Waals surface area contributed by atoms with E-state index in [4.69, 9.17) is 21.1 Å². The number of halogens is 1. The van der Waals surface area contributed by atoms with Gasteiger partial charge in [-0.3, -0.25) is 4.79 Å². The van der Waals surface area contributed by atoms with Gasteiger partial charge in [-0.15, -0.1) is 11.6 Å². The van der Waals surface area contributed by atoms with Crippen LogP contribution < -0.4 is 5.32 Å². The third-order valence-electron chi connectivity index (χ3n) is 3.84. The van der Waals surface area contributed by atoms with E-state index >= 15 is 0 Å². The Morgan fingerprint density at radius 2 is 2.09 bits per heavy atom. The average molecular weight is 341 g/mol. The maximum atomic E-state index is 11.9. The number of hydrogen-bond acceptors (Lipinski definition) is 4. The smallest absolute Gasteiger partial charge is 0.407 e. The van der Waals surface area contributed by atoms with Crippen molar-refractivity contribution in [1.29, 1.82) is 0 Å². The number of likely N-dealkylation sites (tertiary alicyclic amines) is 1. The third kappa shape index (κ3) is 5.11. The van der Waals surface area contributed by atoms with Crippen molar-refractivity contribution in [3.63, 3.8) is 0 Å². The molecule has 1 aromatic carbocycles. The summed E-state index contributed by atoms with van der Waals surface area (Å²) in [6.45, 7) is 1.16. The van der Waals surface area contributed by atoms with Gasteiger partial charge in [0.25, 0.3) is 0 Å². The summed E-state index contributed by atoms with van der Waals surface area (Å²) in [5, 5.41) is 2.81. The molecule has 0 saturated carbocycles. The van der Waals surface area contributed by atoms with E-state index in [0.717, 1.165) is 5.56 Å².